The third kappa shape index (κ3) is 2.43. The summed E-state index contributed by atoms with van der Waals surface area (Å²) in [5.74, 6) is 0.779. The van der Waals surface area contributed by atoms with E-state index in [1.807, 2.05) is 17.5 Å². The van der Waals surface area contributed by atoms with Gasteiger partial charge in [0.2, 0.25) is 5.91 Å². The molecule has 1 aliphatic rings. The van der Waals surface area contributed by atoms with Crippen molar-refractivity contribution in [3.63, 3.8) is 0 Å². The fourth-order valence-electron chi connectivity index (χ4n) is 1.78. The number of halogens is 1. The lowest BCUT2D eigenvalue weighted by Crippen LogP contribution is -2.14. The molecule has 94 valence electrons. The maximum absolute atomic E-state index is 11.8. The minimum Gasteiger partial charge on any atom is -0.302 e. The van der Waals surface area contributed by atoms with Crippen LogP contribution in [0.15, 0.2) is 17.5 Å². The molecule has 3 rings (SSSR count). The van der Waals surface area contributed by atoms with Gasteiger partial charge in [0.15, 0.2) is 5.13 Å². The Morgan fingerprint density at radius 1 is 1.56 bits per heavy atom. The van der Waals surface area contributed by atoms with Gasteiger partial charge in [-0.05, 0) is 24.5 Å². The first-order chi connectivity index (χ1) is 8.63. The predicted octanol–water partition coefficient (Wildman–Crippen LogP) is 4.12. The molecule has 1 fully saturated rings. The summed E-state index contributed by atoms with van der Waals surface area (Å²) >= 11 is 8.83. The fraction of sp³-hybridized carbons (Fsp3) is 0.333. The van der Waals surface area contributed by atoms with Crippen LogP contribution < -0.4 is 5.32 Å². The number of anilines is 1. The summed E-state index contributed by atoms with van der Waals surface area (Å²) < 4.78 is 0.746. The van der Waals surface area contributed by atoms with Crippen LogP contribution in [0.25, 0.3) is 10.6 Å². The quantitative estimate of drug-likeness (QED) is 0.926. The van der Waals surface area contributed by atoms with E-state index in [0.717, 1.165) is 21.3 Å². The summed E-state index contributed by atoms with van der Waals surface area (Å²) in [7, 11) is 0. The van der Waals surface area contributed by atoms with Crippen molar-refractivity contribution < 1.29 is 4.79 Å². The van der Waals surface area contributed by atoms with Gasteiger partial charge in [0, 0.05) is 11.3 Å². The van der Waals surface area contributed by atoms with Gasteiger partial charge in [-0.15, -0.1) is 22.7 Å². The molecule has 6 heteroatoms. The Hall–Kier alpha value is -0.910. The third-order valence-corrected chi connectivity index (χ3v) is 5.02. The van der Waals surface area contributed by atoms with E-state index in [4.69, 9.17) is 11.6 Å². The molecule has 0 unspecified atom stereocenters. The van der Waals surface area contributed by atoms with Crippen LogP contribution >= 0.6 is 34.3 Å². The van der Waals surface area contributed by atoms with Crippen molar-refractivity contribution in [3.8, 4) is 10.6 Å². The van der Waals surface area contributed by atoms with Crippen LogP contribution in [0.3, 0.4) is 0 Å². The van der Waals surface area contributed by atoms with Crippen molar-refractivity contribution in [2.75, 3.05) is 5.32 Å². The molecule has 1 aliphatic carbocycles. The van der Waals surface area contributed by atoms with Crippen LogP contribution in [0.1, 0.15) is 13.3 Å². The molecule has 2 heterocycles. The van der Waals surface area contributed by atoms with Gasteiger partial charge in [0.1, 0.15) is 0 Å². The van der Waals surface area contributed by atoms with Gasteiger partial charge in [-0.3, -0.25) is 4.79 Å². The average molecular weight is 299 g/mol. The molecule has 0 spiro atoms. The van der Waals surface area contributed by atoms with Crippen molar-refractivity contribution in [3.05, 3.63) is 21.8 Å². The Kier molecular flexibility index (Phi) is 3.13. The van der Waals surface area contributed by atoms with E-state index in [2.05, 4.69) is 17.2 Å². The SMILES string of the molecule is C[C@@H]1C[C@@H]1C(=O)Nc1nc(-c2ccc(Cl)s2)cs1. The lowest BCUT2D eigenvalue weighted by Gasteiger charge is -1.98. The first kappa shape index (κ1) is 12.1. The van der Waals surface area contributed by atoms with Crippen molar-refractivity contribution >= 4 is 45.3 Å². The van der Waals surface area contributed by atoms with Crippen LogP contribution in [0.2, 0.25) is 4.34 Å². The monoisotopic (exact) mass is 298 g/mol. The molecular formula is C12H11ClN2OS2. The van der Waals surface area contributed by atoms with Crippen molar-refractivity contribution in [2.24, 2.45) is 11.8 Å². The number of aromatic nitrogens is 1. The summed E-state index contributed by atoms with van der Waals surface area (Å²) in [6.07, 6.45) is 0.991. The number of nitrogens with zero attached hydrogens (tertiary/aromatic N) is 1. The molecule has 2 atom stereocenters. The van der Waals surface area contributed by atoms with E-state index in [1.54, 1.807) is 0 Å². The van der Waals surface area contributed by atoms with Crippen LogP contribution in [-0.4, -0.2) is 10.9 Å². The number of rotatable bonds is 3. The van der Waals surface area contributed by atoms with E-state index < -0.39 is 0 Å². The molecule has 2 aromatic heterocycles. The summed E-state index contributed by atoms with van der Waals surface area (Å²) in [6, 6.07) is 3.79. The fourth-order valence-corrected chi connectivity index (χ4v) is 3.57. The van der Waals surface area contributed by atoms with Gasteiger partial charge in [-0.25, -0.2) is 4.98 Å². The highest BCUT2D eigenvalue weighted by Crippen LogP contribution is 2.39. The molecule has 18 heavy (non-hydrogen) atoms. The number of amides is 1. The second kappa shape index (κ2) is 4.64. The zero-order chi connectivity index (χ0) is 12.7. The zero-order valence-corrected chi connectivity index (χ0v) is 12.0. The maximum Gasteiger partial charge on any atom is 0.229 e. The second-order valence-corrected chi connectivity index (χ2v) is 7.02. The number of nitrogens with one attached hydrogen (secondary N) is 1. The molecule has 0 bridgehead atoms. The number of hydrogen-bond donors (Lipinski definition) is 1. The highest BCUT2D eigenvalue weighted by molar-refractivity contribution is 7.20. The van der Waals surface area contributed by atoms with Gasteiger partial charge in [0.25, 0.3) is 0 Å². The third-order valence-electron chi connectivity index (χ3n) is 3.01. The number of carbonyl (C=O) groups is 1. The zero-order valence-electron chi connectivity index (χ0n) is 9.64. The number of carbonyl (C=O) groups excluding carboxylic acids is 1. The number of thiazole rings is 1. The first-order valence-corrected chi connectivity index (χ1v) is 7.73. The van der Waals surface area contributed by atoms with Gasteiger partial charge >= 0.3 is 0 Å². The largest absolute Gasteiger partial charge is 0.302 e. The number of hydrogen-bond acceptors (Lipinski definition) is 4. The van der Waals surface area contributed by atoms with Crippen LogP contribution in [-0.2, 0) is 4.79 Å². The smallest absolute Gasteiger partial charge is 0.229 e. The standard InChI is InChI=1S/C12H11ClN2OS2/c1-6-4-7(6)11(16)15-12-14-8(5-17-12)9-2-3-10(13)18-9/h2-3,5-7H,4H2,1H3,(H,14,15,16)/t6-,7+/m1/s1. The summed E-state index contributed by atoms with van der Waals surface area (Å²) in [5, 5.41) is 5.48. The summed E-state index contributed by atoms with van der Waals surface area (Å²) in [5.41, 5.74) is 0.871. The molecule has 2 aromatic rings. The van der Waals surface area contributed by atoms with Gasteiger partial charge < -0.3 is 5.32 Å². The highest BCUT2D eigenvalue weighted by atomic mass is 35.5. The topological polar surface area (TPSA) is 42.0 Å². The van der Waals surface area contributed by atoms with E-state index in [9.17, 15) is 4.79 Å². The van der Waals surface area contributed by atoms with Crippen LogP contribution in [0.5, 0.6) is 0 Å². The molecule has 1 amide bonds. The lowest BCUT2D eigenvalue weighted by molar-refractivity contribution is -0.117. The Morgan fingerprint density at radius 3 is 2.94 bits per heavy atom. The van der Waals surface area contributed by atoms with E-state index in [1.165, 1.54) is 22.7 Å². The van der Waals surface area contributed by atoms with E-state index in [-0.39, 0.29) is 11.8 Å². The minimum absolute atomic E-state index is 0.0904. The van der Waals surface area contributed by atoms with Crippen LogP contribution in [0, 0.1) is 11.8 Å². The van der Waals surface area contributed by atoms with Crippen molar-refractivity contribution in [2.45, 2.75) is 13.3 Å². The van der Waals surface area contributed by atoms with Gasteiger partial charge in [-0.1, -0.05) is 18.5 Å². The molecular weight excluding hydrogens is 288 g/mol. The highest BCUT2D eigenvalue weighted by Gasteiger charge is 2.39. The van der Waals surface area contributed by atoms with Gasteiger partial charge in [-0.2, -0.15) is 0 Å². The average Bonchev–Trinajstić information content (AvgIpc) is 2.77. The van der Waals surface area contributed by atoms with Crippen molar-refractivity contribution in [1.82, 2.24) is 4.98 Å². The predicted molar refractivity (Wildman–Crippen MR) is 76.3 cm³/mol. The lowest BCUT2D eigenvalue weighted by atomic mass is 10.3. The Bertz CT molecular complexity index is 592. The molecule has 0 aliphatic heterocycles. The molecule has 0 saturated heterocycles. The first-order valence-electron chi connectivity index (χ1n) is 5.65. The normalized spacial score (nSPS) is 21.9. The molecule has 1 N–H and O–H groups in total. The Morgan fingerprint density at radius 2 is 2.33 bits per heavy atom. The number of thiophene rings is 1. The minimum atomic E-state index is 0.0904. The Balaban J connectivity index is 1.71. The van der Waals surface area contributed by atoms with Gasteiger partial charge in [0.05, 0.1) is 14.9 Å². The Labute approximate surface area is 118 Å². The second-order valence-electron chi connectivity index (χ2n) is 4.45. The molecule has 0 aromatic carbocycles. The maximum atomic E-state index is 11.8. The molecule has 0 radical (unpaired) electrons. The molecule has 1 saturated carbocycles. The van der Waals surface area contributed by atoms with Crippen LogP contribution in [0.4, 0.5) is 5.13 Å². The van der Waals surface area contributed by atoms with E-state index >= 15 is 0 Å². The summed E-state index contributed by atoms with van der Waals surface area (Å²) in [6.45, 7) is 2.09. The summed E-state index contributed by atoms with van der Waals surface area (Å²) in [4.78, 5) is 17.2. The molecule has 3 nitrogen and oxygen atoms in total. The van der Waals surface area contributed by atoms with E-state index in [0.29, 0.717) is 11.0 Å². The van der Waals surface area contributed by atoms with Crippen molar-refractivity contribution in [1.29, 1.82) is 0 Å².